The van der Waals surface area contributed by atoms with Gasteiger partial charge in [-0.25, -0.2) is 0 Å². The maximum absolute atomic E-state index is 3.92. The summed E-state index contributed by atoms with van der Waals surface area (Å²) in [4.78, 5) is 2.00. The standard InChI is InChI=1S/C3H9N.C3H8S/c1-4(2)3;1-2-3-4/h1-3H3;4H,2-3H2,1H3. The molecule has 0 heterocycles. The van der Waals surface area contributed by atoms with Gasteiger partial charge in [-0.05, 0) is 33.3 Å². The number of rotatable bonds is 1. The predicted molar refractivity (Wildman–Crippen MR) is 43.8 cm³/mol. The van der Waals surface area contributed by atoms with Crippen molar-refractivity contribution in [2.45, 2.75) is 13.3 Å². The van der Waals surface area contributed by atoms with E-state index in [1.165, 1.54) is 6.42 Å². The fraction of sp³-hybridized carbons (Fsp3) is 1.00. The molecule has 0 spiro atoms. The fourth-order valence-corrected chi connectivity index (χ4v) is 0. The third kappa shape index (κ3) is 104. The summed E-state index contributed by atoms with van der Waals surface area (Å²) in [5.74, 6) is 1.01. The van der Waals surface area contributed by atoms with Crippen LogP contribution in [0, 0.1) is 0 Å². The highest BCUT2D eigenvalue weighted by molar-refractivity contribution is 7.80. The molecule has 52 valence electrons. The van der Waals surface area contributed by atoms with Crippen molar-refractivity contribution in [3.8, 4) is 0 Å². The summed E-state index contributed by atoms with van der Waals surface area (Å²) in [6.07, 6.45) is 1.18. The number of hydrogen-bond donors (Lipinski definition) is 1. The van der Waals surface area contributed by atoms with Crippen LogP contribution in [0.1, 0.15) is 13.3 Å². The first-order valence-corrected chi connectivity index (χ1v) is 3.50. The summed E-state index contributed by atoms with van der Waals surface area (Å²) in [6.45, 7) is 2.10. The van der Waals surface area contributed by atoms with Crippen LogP contribution in [0.15, 0.2) is 0 Å². The van der Waals surface area contributed by atoms with Gasteiger partial charge in [-0.3, -0.25) is 0 Å². The van der Waals surface area contributed by atoms with Crippen LogP contribution in [0.3, 0.4) is 0 Å². The lowest BCUT2D eigenvalue weighted by Crippen LogP contribution is -1.99. The molecule has 0 aromatic rings. The Labute approximate surface area is 58.5 Å². The van der Waals surface area contributed by atoms with Gasteiger partial charge < -0.3 is 4.90 Å². The van der Waals surface area contributed by atoms with E-state index in [2.05, 4.69) is 19.6 Å². The third-order valence-corrected chi connectivity index (χ3v) is 0.671. The Morgan fingerprint density at radius 2 is 1.38 bits per heavy atom. The zero-order valence-corrected chi connectivity index (χ0v) is 7.20. The van der Waals surface area contributed by atoms with Crippen molar-refractivity contribution in [3.63, 3.8) is 0 Å². The van der Waals surface area contributed by atoms with Crippen LogP contribution in [0.5, 0.6) is 0 Å². The molecule has 0 saturated heterocycles. The molecule has 0 rings (SSSR count). The maximum Gasteiger partial charge on any atom is -0.0101 e. The lowest BCUT2D eigenvalue weighted by Gasteiger charge is -1.90. The monoisotopic (exact) mass is 135 g/mol. The molecular formula is C6H17NS. The molecule has 0 aliphatic heterocycles. The lowest BCUT2D eigenvalue weighted by atomic mass is 10.6. The second-order valence-electron chi connectivity index (χ2n) is 2.07. The molecule has 8 heavy (non-hydrogen) atoms. The van der Waals surface area contributed by atoms with Crippen LogP contribution in [-0.2, 0) is 0 Å². The van der Waals surface area contributed by atoms with Crippen LogP contribution < -0.4 is 0 Å². The number of hydrogen-bond acceptors (Lipinski definition) is 2. The van der Waals surface area contributed by atoms with Crippen molar-refractivity contribution >= 4 is 12.6 Å². The lowest BCUT2D eigenvalue weighted by molar-refractivity contribution is 0.505. The van der Waals surface area contributed by atoms with Crippen LogP contribution in [0.4, 0.5) is 0 Å². The molecule has 0 aliphatic rings. The quantitative estimate of drug-likeness (QED) is 0.533. The molecule has 2 heteroatoms. The predicted octanol–water partition coefficient (Wildman–Crippen LogP) is 1.50. The molecule has 0 saturated carbocycles. The largest absolute Gasteiger partial charge is 0.312 e. The highest BCUT2D eigenvalue weighted by Crippen LogP contribution is 1.74. The van der Waals surface area contributed by atoms with Gasteiger partial charge in [0.2, 0.25) is 0 Å². The normalized spacial score (nSPS) is 8.25. The Hall–Kier alpha value is 0.310. The zero-order chi connectivity index (χ0) is 6.99. The van der Waals surface area contributed by atoms with Gasteiger partial charge in [0.1, 0.15) is 0 Å². The summed E-state index contributed by atoms with van der Waals surface area (Å²) in [5.41, 5.74) is 0. The van der Waals surface area contributed by atoms with Gasteiger partial charge in [0.15, 0.2) is 0 Å². The molecule has 0 amide bonds. The van der Waals surface area contributed by atoms with Crippen LogP contribution in [-0.4, -0.2) is 31.8 Å². The first-order valence-electron chi connectivity index (χ1n) is 2.86. The minimum atomic E-state index is 1.01. The molecule has 0 bridgehead atoms. The van der Waals surface area contributed by atoms with Gasteiger partial charge in [0, 0.05) is 0 Å². The van der Waals surface area contributed by atoms with E-state index in [4.69, 9.17) is 0 Å². The molecule has 0 fully saturated rings. The van der Waals surface area contributed by atoms with Gasteiger partial charge >= 0.3 is 0 Å². The summed E-state index contributed by atoms with van der Waals surface area (Å²) in [7, 11) is 6.00. The molecule has 1 nitrogen and oxygen atoms in total. The van der Waals surface area contributed by atoms with E-state index in [9.17, 15) is 0 Å². The summed E-state index contributed by atoms with van der Waals surface area (Å²) < 4.78 is 0. The van der Waals surface area contributed by atoms with Gasteiger partial charge in [-0.1, -0.05) is 6.92 Å². The molecule has 0 aliphatic carbocycles. The SMILES string of the molecule is CCCS.CN(C)C. The minimum Gasteiger partial charge on any atom is -0.312 e. The van der Waals surface area contributed by atoms with Gasteiger partial charge in [-0.2, -0.15) is 12.6 Å². The fourth-order valence-electron chi connectivity index (χ4n) is 0. The second kappa shape index (κ2) is 10.3. The number of thiol groups is 1. The summed E-state index contributed by atoms with van der Waals surface area (Å²) in [6, 6.07) is 0. The molecule has 0 N–H and O–H groups in total. The van der Waals surface area contributed by atoms with E-state index in [-0.39, 0.29) is 0 Å². The molecule has 0 radical (unpaired) electrons. The van der Waals surface area contributed by atoms with Crippen molar-refractivity contribution in [3.05, 3.63) is 0 Å². The maximum atomic E-state index is 3.92. The Morgan fingerprint density at radius 1 is 1.25 bits per heavy atom. The summed E-state index contributed by atoms with van der Waals surface area (Å²) >= 11 is 3.92. The topological polar surface area (TPSA) is 3.24 Å². The minimum absolute atomic E-state index is 1.01. The highest BCUT2D eigenvalue weighted by atomic mass is 32.1. The Balaban J connectivity index is 0. The zero-order valence-electron chi connectivity index (χ0n) is 6.31. The molecular weight excluding hydrogens is 118 g/mol. The smallest absolute Gasteiger partial charge is 0.0101 e. The first-order chi connectivity index (χ1) is 3.65. The van der Waals surface area contributed by atoms with Crippen molar-refractivity contribution in [1.82, 2.24) is 4.90 Å². The van der Waals surface area contributed by atoms with E-state index < -0.39 is 0 Å². The average Bonchev–Trinajstić information content (AvgIpc) is 1.65. The van der Waals surface area contributed by atoms with Gasteiger partial charge in [0.25, 0.3) is 0 Å². The molecule has 0 aromatic carbocycles. The molecule has 0 aromatic heterocycles. The Morgan fingerprint density at radius 3 is 1.38 bits per heavy atom. The van der Waals surface area contributed by atoms with Crippen molar-refractivity contribution in [2.24, 2.45) is 0 Å². The van der Waals surface area contributed by atoms with Crippen molar-refractivity contribution in [1.29, 1.82) is 0 Å². The first kappa shape index (κ1) is 11.2. The van der Waals surface area contributed by atoms with E-state index in [1.807, 2.05) is 26.0 Å². The third-order valence-electron chi connectivity index (χ3n) is 0.224. The Kier molecular flexibility index (Phi) is 14.4. The van der Waals surface area contributed by atoms with Crippen molar-refractivity contribution in [2.75, 3.05) is 26.9 Å². The van der Waals surface area contributed by atoms with E-state index >= 15 is 0 Å². The van der Waals surface area contributed by atoms with E-state index in [0.717, 1.165) is 5.75 Å². The van der Waals surface area contributed by atoms with Crippen molar-refractivity contribution < 1.29 is 0 Å². The molecule has 0 atom stereocenters. The summed E-state index contributed by atoms with van der Waals surface area (Å²) in [5, 5.41) is 0. The molecule has 0 unspecified atom stereocenters. The van der Waals surface area contributed by atoms with E-state index in [0.29, 0.717) is 0 Å². The van der Waals surface area contributed by atoms with Crippen LogP contribution in [0.2, 0.25) is 0 Å². The second-order valence-corrected chi connectivity index (χ2v) is 2.51. The Bertz CT molecular complexity index is 25.0. The van der Waals surface area contributed by atoms with Gasteiger partial charge in [-0.15, -0.1) is 0 Å². The van der Waals surface area contributed by atoms with E-state index in [1.54, 1.807) is 0 Å². The number of nitrogens with zero attached hydrogens (tertiary/aromatic N) is 1. The van der Waals surface area contributed by atoms with Crippen LogP contribution >= 0.6 is 12.6 Å². The highest BCUT2D eigenvalue weighted by Gasteiger charge is 1.58. The van der Waals surface area contributed by atoms with Crippen LogP contribution in [0.25, 0.3) is 0 Å². The van der Waals surface area contributed by atoms with Gasteiger partial charge in [0.05, 0.1) is 0 Å². The average molecular weight is 135 g/mol.